The third-order valence-electron chi connectivity index (χ3n) is 7.55. The van der Waals surface area contributed by atoms with Crippen molar-refractivity contribution in [3.05, 3.63) is 12.2 Å². The predicted octanol–water partition coefficient (Wildman–Crippen LogP) is 1.21. The van der Waals surface area contributed by atoms with Gasteiger partial charge in [0.25, 0.3) is 0 Å². The number of unbranched alkanes of at least 4 members (excludes halogenated alkanes) is 3. The first-order valence-corrected chi connectivity index (χ1v) is 13.4. The predicted molar refractivity (Wildman–Crippen MR) is 131 cm³/mol. The summed E-state index contributed by atoms with van der Waals surface area (Å²) in [6.07, 6.45) is 7.97. The van der Waals surface area contributed by atoms with E-state index in [-0.39, 0.29) is 42.8 Å². The number of amides is 2. The number of ether oxygens (including phenoxy) is 2. The molecule has 2 aliphatic heterocycles. The standard InChI is InChI=1S/C26H43N3O6/c1-3-19-9-10-20-22(21(19)26(33)35-4-2)25(32)29(12-7-5-6-8-16-30)23(20)24(31)27-11-13-28-14-17-34-18-15-28/h9-10,19-23,30H,3-8,11-18H2,1-2H3,(H,27,31)/t19-,20+,21-,22-,23+/m1/s1. The molecule has 1 aliphatic carbocycles. The van der Waals surface area contributed by atoms with Crippen molar-refractivity contribution in [2.24, 2.45) is 23.7 Å². The number of morpholine rings is 1. The van der Waals surface area contributed by atoms with Crippen LogP contribution in [-0.4, -0.2) is 97.9 Å². The summed E-state index contributed by atoms with van der Waals surface area (Å²) in [6.45, 7) is 9.04. The summed E-state index contributed by atoms with van der Waals surface area (Å²) in [7, 11) is 0. The van der Waals surface area contributed by atoms with E-state index in [2.05, 4.69) is 10.2 Å². The third kappa shape index (κ3) is 6.83. The van der Waals surface area contributed by atoms with Crippen molar-refractivity contribution >= 4 is 17.8 Å². The second-order valence-corrected chi connectivity index (χ2v) is 9.70. The highest BCUT2D eigenvalue weighted by Crippen LogP contribution is 2.45. The van der Waals surface area contributed by atoms with Crippen molar-refractivity contribution in [2.75, 3.05) is 59.2 Å². The van der Waals surface area contributed by atoms with Crippen molar-refractivity contribution in [3.63, 3.8) is 0 Å². The lowest BCUT2D eigenvalue weighted by atomic mass is 9.69. The number of carbonyl (C=O) groups is 3. The van der Waals surface area contributed by atoms with Crippen molar-refractivity contribution in [1.82, 2.24) is 15.1 Å². The molecule has 2 N–H and O–H groups in total. The number of fused-ring (bicyclic) bond motifs is 1. The minimum Gasteiger partial charge on any atom is -0.466 e. The SMILES string of the molecule is CCOC(=O)[C@H]1[C@@H]2C(=O)N(CCCCCCO)[C@H](C(=O)NCCN3CCOCC3)[C@H]2C=C[C@H]1CC. The largest absolute Gasteiger partial charge is 0.466 e. The molecule has 2 heterocycles. The van der Waals surface area contributed by atoms with Gasteiger partial charge in [0.05, 0.1) is 31.7 Å². The van der Waals surface area contributed by atoms with Crippen LogP contribution in [0.25, 0.3) is 0 Å². The number of likely N-dealkylation sites (tertiary alicyclic amines) is 1. The lowest BCUT2D eigenvalue weighted by molar-refractivity contribution is -0.155. The minimum atomic E-state index is -0.624. The van der Waals surface area contributed by atoms with Crippen LogP contribution in [0.4, 0.5) is 0 Å². The number of rotatable bonds is 13. The van der Waals surface area contributed by atoms with Gasteiger partial charge in [0.15, 0.2) is 0 Å². The Balaban J connectivity index is 1.75. The number of hydrogen-bond donors (Lipinski definition) is 2. The molecule has 0 aromatic carbocycles. The molecule has 0 saturated carbocycles. The number of aliphatic hydroxyl groups excluding tert-OH is 1. The highest BCUT2D eigenvalue weighted by Gasteiger charge is 2.57. The second kappa shape index (κ2) is 13.9. The molecule has 0 unspecified atom stereocenters. The normalized spacial score (nSPS) is 28.7. The molecular formula is C26H43N3O6. The molecule has 3 aliphatic rings. The smallest absolute Gasteiger partial charge is 0.310 e. The zero-order chi connectivity index (χ0) is 25.2. The summed E-state index contributed by atoms with van der Waals surface area (Å²) in [6, 6.07) is -0.624. The van der Waals surface area contributed by atoms with Gasteiger partial charge in [-0.1, -0.05) is 31.9 Å². The summed E-state index contributed by atoms with van der Waals surface area (Å²) in [5.74, 6) is -2.18. The molecule has 9 heteroatoms. The number of carbonyl (C=O) groups excluding carboxylic acids is 3. The van der Waals surface area contributed by atoms with Crippen molar-refractivity contribution < 1.29 is 29.0 Å². The van der Waals surface area contributed by atoms with Gasteiger partial charge in [0, 0.05) is 45.2 Å². The highest BCUT2D eigenvalue weighted by atomic mass is 16.5. The molecule has 0 bridgehead atoms. The Labute approximate surface area is 209 Å². The molecule has 0 aromatic heterocycles. The molecule has 0 aromatic rings. The molecule has 0 radical (unpaired) electrons. The van der Waals surface area contributed by atoms with Gasteiger partial charge >= 0.3 is 5.97 Å². The van der Waals surface area contributed by atoms with E-state index in [9.17, 15) is 14.4 Å². The molecule has 3 rings (SSSR count). The van der Waals surface area contributed by atoms with Gasteiger partial charge in [-0.25, -0.2) is 0 Å². The average molecular weight is 494 g/mol. The van der Waals surface area contributed by atoms with Gasteiger partial charge in [-0.05, 0) is 32.1 Å². The van der Waals surface area contributed by atoms with Crippen molar-refractivity contribution in [2.45, 2.75) is 52.0 Å². The van der Waals surface area contributed by atoms with Crippen molar-refractivity contribution in [1.29, 1.82) is 0 Å². The molecule has 0 spiro atoms. The Morgan fingerprint density at radius 1 is 1.11 bits per heavy atom. The minimum absolute atomic E-state index is 0.0752. The molecule has 2 amide bonds. The fourth-order valence-corrected chi connectivity index (χ4v) is 5.70. The number of hydrogen-bond acceptors (Lipinski definition) is 7. The van der Waals surface area contributed by atoms with Crippen LogP contribution in [-0.2, 0) is 23.9 Å². The maximum Gasteiger partial charge on any atom is 0.310 e. The Hall–Kier alpha value is -1.97. The van der Waals surface area contributed by atoms with E-state index in [0.29, 0.717) is 26.3 Å². The molecule has 198 valence electrons. The monoisotopic (exact) mass is 493 g/mol. The molecule has 35 heavy (non-hydrogen) atoms. The summed E-state index contributed by atoms with van der Waals surface area (Å²) in [5.41, 5.74) is 0. The Kier molecular flexibility index (Phi) is 11.0. The van der Waals surface area contributed by atoms with Crippen molar-refractivity contribution in [3.8, 4) is 0 Å². The lowest BCUT2D eigenvalue weighted by Crippen LogP contribution is -2.49. The number of aliphatic hydroxyl groups is 1. The van der Waals surface area contributed by atoms with Gasteiger partial charge in [-0.3, -0.25) is 19.3 Å². The lowest BCUT2D eigenvalue weighted by Gasteiger charge is -2.33. The fraction of sp³-hybridized carbons (Fsp3) is 0.808. The summed E-state index contributed by atoms with van der Waals surface area (Å²) in [5, 5.41) is 12.1. The van der Waals surface area contributed by atoms with Gasteiger partial charge in [0.2, 0.25) is 11.8 Å². The maximum atomic E-state index is 13.7. The van der Waals surface area contributed by atoms with Crippen LogP contribution in [0.5, 0.6) is 0 Å². The Bertz CT molecular complexity index is 739. The quantitative estimate of drug-likeness (QED) is 0.226. The zero-order valence-electron chi connectivity index (χ0n) is 21.3. The van der Waals surface area contributed by atoms with E-state index in [4.69, 9.17) is 14.6 Å². The summed E-state index contributed by atoms with van der Waals surface area (Å²) < 4.78 is 10.8. The van der Waals surface area contributed by atoms with E-state index >= 15 is 0 Å². The van der Waals surface area contributed by atoms with Gasteiger partial charge in [0.1, 0.15) is 6.04 Å². The average Bonchev–Trinajstić information content (AvgIpc) is 3.15. The number of allylic oxidation sites excluding steroid dienone is 1. The van der Waals surface area contributed by atoms with Crippen LogP contribution in [0.3, 0.4) is 0 Å². The van der Waals surface area contributed by atoms with E-state index in [0.717, 1.165) is 51.7 Å². The number of esters is 1. The molecule has 5 atom stereocenters. The number of nitrogens with zero attached hydrogens (tertiary/aromatic N) is 2. The van der Waals surface area contributed by atoms with Gasteiger partial charge in [-0.15, -0.1) is 0 Å². The summed E-state index contributed by atoms with van der Waals surface area (Å²) >= 11 is 0. The van der Waals surface area contributed by atoms with E-state index in [1.807, 2.05) is 19.1 Å². The maximum absolute atomic E-state index is 13.7. The topological polar surface area (TPSA) is 108 Å². The van der Waals surface area contributed by atoms with Crippen LogP contribution in [0.15, 0.2) is 12.2 Å². The third-order valence-corrected chi connectivity index (χ3v) is 7.55. The highest BCUT2D eigenvalue weighted by molar-refractivity contribution is 5.96. The van der Waals surface area contributed by atoms with Crippen LogP contribution < -0.4 is 5.32 Å². The number of nitrogens with one attached hydrogen (secondary N) is 1. The first-order valence-electron chi connectivity index (χ1n) is 13.4. The zero-order valence-corrected chi connectivity index (χ0v) is 21.3. The van der Waals surface area contributed by atoms with E-state index in [1.165, 1.54) is 0 Å². The molecular weight excluding hydrogens is 450 g/mol. The second-order valence-electron chi connectivity index (χ2n) is 9.70. The van der Waals surface area contributed by atoms with E-state index < -0.39 is 17.9 Å². The van der Waals surface area contributed by atoms with E-state index in [1.54, 1.807) is 11.8 Å². The van der Waals surface area contributed by atoms with Crippen LogP contribution in [0.2, 0.25) is 0 Å². The fourth-order valence-electron chi connectivity index (χ4n) is 5.70. The summed E-state index contributed by atoms with van der Waals surface area (Å²) in [4.78, 5) is 44.1. The van der Waals surface area contributed by atoms with Crippen LogP contribution >= 0.6 is 0 Å². The first kappa shape index (κ1) is 27.6. The molecule has 9 nitrogen and oxygen atoms in total. The first-order chi connectivity index (χ1) is 17.0. The molecule has 2 fully saturated rings. The van der Waals surface area contributed by atoms with Crippen LogP contribution in [0.1, 0.15) is 46.0 Å². The van der Waals surface area contributed by atoms with Gasteiger partial charge in [-0.2, -0.15) is 0 Å². The molecule has 2 saturated heterocycles. The Morgan fingerprint density at radius 3 is 2.54 bits per heavy atom. The Morgan fingerprint density at radius 2 is 1.86 bits per heavy atom. The van der Waals surface area contributed by atoms with Crippen LogP contribution in [0, 0.1) is 23.7 Å². The van der Waals surface area contributed by atoms with Gasteiger partial charge < -0.3 is 24.8 Å².